The van der Waals surface area contributed by atoms with Crippen LogP contribution in [0.1, 0.15) is 24.8 Å². The number of rotatable bonds is 8. The molecule has 150 valence electrons. The van der Waals surface area contributed by atoms with E-state index in [1.54, 1.807) is 24.3 Å². The zero-order chi connectivity index (χ0) is 19.1. The van der Waals surface area contributed by atoms with Crippen molar-refractivity contribution in [3.05, 3.63) is 29.8 Å². The average molecular weight is 396 g/mol. The molecule has 1 atom stereocenters. The number of aryl methyl sites for hydroxylation is 1. The SMILES string of the molecule is O=C(CCc1ccc(S(=O)(=O)N2CCOCC2)cc1)NCCC1CCNC1. The Bertz CT molecular complexity index is 709. The zero-order valence-electron chi connectivity index (χ0n) is 15.7. The Hall–Kier alpha value is -1.48. The lowest BCUT2D eigenvalue weighted by atomic mass is 10.1. The molecule has 0 aliphatic carbocycles. The van der Waals surface area contributed by atoms with Crippen LogP contribution in [-0.2, 0) is 26.0 Å². The molecular formula is C19H29N3O4S. The zero-order valence-corrected chi connectivity index (χ0v) is 16.5. The minimum atomic E-state index is -3.46. The van der Waals surface area contributed by atoms with Gasteiger partial charge in [0, 0.05) is 26.1 Å². The van der Waals surface area contributed by atoms with Gasteiger partial charge in [0.1, 0.15) is 0 Å². The highest BCUT2D eigenvalue weighted by Crippen LogP contribution is 2.18. The Kier molecular flexibility index (Phi) is 7.23. The van der Waals surface area contributed by atoms with Gasteiger partial charge in [0.15, 0.2) is 0 Å². The third-order valence-corrected chi connectivity index (χ3v) is 7.12. The number of carbonyl (C=O) groups is 1. The number of carbonyl (C=O) groups excluding carboxylic acids is 1. The van der Waals surface area contributed by atoms with Crippen LogP contribution in [-0.4, -0.2) is 64.6 Å². The van der Waals surface area contributed by atoms with Crippen molar-refractivity contribution in [3.8, 4) is 0 Å². The van der Waals surface area contributed by atoms with Gasteiger partial charge in [-0.2, -0.15) is 4.31 Å². The van der Waals surface area contributed by atoms with E-state index in [4.69, 9.17) is 4.74 Å². The van der Waals surface area contributed by atoms with Gasteiger partial charge in [0.2, 0.25) is 15.9 Å². The maximum atomic E-state index is 12.6. The first kappa shape index (κ1) is 20.3. The second-order valence-electron chi connectivity index (χ2n) is 7.16. The lowest BCUT2D eigenvalue weighted by Gasteiger charge is -2.26. The van der Waals surface area contributed by atoms with E-state index in [0.717, 1.165) is 31.6 Å². The molecule has 7 nitrogen and oxygen atoms in total. The number of ether oxygens (including phenoxy) is 1. The summed E-state index contributed by atoms with van der Waals surface area (Å²) in [6, 6.07) is 6.85. The first-order chi connectivity index (χ1) is 13.1. The van der Waals surface area contributed by atoms with E-state index in [1.807, 2.05) is 0 Å². The Morgan fingerprint density at radius 1 is 1.22 bits per heavy atom. The number of nitrogens with one attached hydrogen (secondary N) is 2. The van der Waals surface area contributed by atoms with Gasteiger partial charge >= 0.3 is 0 Å². The molecule has 0 saturated carbocycles. The fourth-order valence-electron chi connectivity index (χ4n) is 3.49. The molecule has 2 aliphatic rings. The molecule has 0 spiro atoms. The third-order valence-electron chi connectivity index (χ3n) is 5.21. The van der Waals surface area contributed by atoms with Gasteiger partial charge in [0.05, 0.1) is 18.1 Å². The van der Waals surface area contributed by atoms with Gasteiger partial charge in [-0.25, -0.2) is 8.42 Å². The molecule has 27 heavy (non-hydrogen) atoms. The summed E-state index contributed by atoms with van der Waals surface area (Å²) in [5.41, 5.74) is 0.964. The molecular weight excluding hydrogens is 366 g/mol. The van der Waals surface area contributed by atoms with Gasteiger partial charge in [0.25, 0.3) is 0 Å². The normalized spacial score (nSPS) is 21.3. The molecule has 1 unspecified atom stereocenters. The summed E-state index contributed by atoms with van der Waals surface area (Å²) < 4.78 is 31.9. The van der Waals surface area contributed by atoms with Crippen LogP contribution in [0.5, 0.6) is 0 Å². The fraction of sp³-hybridized carbons (Fsp3) is 0.632. The van der Waals surface area contributed by atoms with Crippen molar-refractivity contribution < 1.29 is 17.9 Å². The lowest BCUT2D eigenvalue weighted by Crippen LogP contribution is -2.40. The van der Waals surface area contributed by atoms with Crippen LogP contribution in [0.25, 0.3) is 0 Å². The predicted molar refractivity (Wildman–Crippen MR) is 103 cm³/mol. The second kappa shape index (κ2) is 9.64. The second-order valence-corrected chi connectivity index (χ2v) is 9.10. The number of hydrogen-bond donors (Lipinski definition) is 2. The molecule has 0 radical (unpaired) electrons. The van der Waals surface area contributed by atoms with E-state index in [-0.39, 0.29) is 5.91 Å². The molecule has 1 amide bonds. The summed E-state index contributed by atoms with van der Waals surface area (Å²) >= 11 is 0. The van der Waals surface area contributed by atoms with Crippen LogP contribution < -0.4 is 10.6 Å². The number of morpholine rings is 1. The number of sulfonamides is 1. The highest BCUT2D eigenvalue weighted by Gasteiger charge is 2.26. The van der Waals surface area contributed by atoms with Crippen LogP contribution in [0.4, 0.5) is 0 Å². The molecule has 8 heteroatoms. The van der Waals surface area contributed by atoms with Crippen molar-refractivity contribution in [3.63, 3.8) is 0 Å². The molecule has 2 heterocycles. The van der Waals surface area contributed by atoms with Crippen molar-refractivity contribution in [2.24, 2.45) is 5.92 Å². The van der Waals surface area contributed by atoms with Crippen LogP contribution >= 0.6 is 0 Å². The fourth-order valence-corrected chi connectivity index (χ4v) is 4.89. The number of benzene rings is 1. The van der Waals surface area contributed by atoms with E-state index in [2.05, 4.69) is 10.6 Å². The number of hydrogen-bond acceptors (Lipinski definition) is 5. The van der Waals surface area contributed by atoms with Crippen molar-refractivity contribution in [2.45, 2.75) is 30.6 Å². The standard InChI is InChI=1S/C19H29N3O4S/c23-19(21-10-8-17-7-9-20-15-17)6-3-16-1-4-18(5-2-16)27(24,25)22-11-13-26-14-12-22/h1-2,4-5,17,20H,3,6-15H2,(H,21,23). The van der Waals surface area contributed by atoms with Gasteiger partial charge in [-0.05, 0) is 56.0 Å². The number of amides is 1. The smallest absolute Gasteiger partial charge is 0.243 e. The average Bonchev–Trinajstić information content (AvgIpc) is 3.21. The molecule has 1 aromatic rings. The first-order valence-corrected chi connectivity index (χ1v) is 11.1. The van der Waals surface area contributed by atoms with E-state index in [0.29, 0.717) is 50.0 Å². The summed E-state index contributed by atoms with van der Waals surface area (Å²) in [5.74, 6) is 0.720. The molecule has 2 saturated heterocycles. The van der Waals surface area contributed by atoms with Crippen LogP contribution in [0.3, 0.4) is 0 Å². The van der Waals surface area contributed by atoms with E-state index < -0.39 is 10.0 Å². The Morgan fingerprint density at radius 2 is 1.96 bits per heavy atom. The minimum absolute atomic E-state index is 0.0472. The van der Waals surface area contributed by atoms with Crippen molar-refractivity contribution in [1.29, 1.82) is 0 Å². The van der Waals surface area contributed by atoms with Crippen molar-refractivity contribution in [1.82, 2.24) is 14.9 Å². The third kappa shape index (κ3) is 5.75. The summed E-state index contributed by atoms with van der Waals surface area (Å²) in [7, 11) is -3.46. The lowest BCUT2D eigenvalue weighted by molar-refractivity contribution is -0.121. The Labute approximate surface area is 161 Å². The quantitative estimate of drug-likeness (QED) is 0.678. The van der Waals surface area contributed by atoms with Gasteiger partial charge in [-0.15, -0.1) is 0 Å². The largest absolute Gasteiger partial charge is 0.379 e. The van der Waals surface area contributed by atoms with E-state index >= 15 is 0 Å². The van der Waals surface area contributed by atoms with E-state index in [1.165, 1.54) is 10.7 Å². The molecule has 0 bridgehead atoms. The molecule has 3 rings (SSSR count). The maximum absolute atomic E-state index is 12.6. The first-order valence-electron chi connectivity index (χ1n) is 9.70. The Balaban J connectivity index is 1.43. The molecule has 2 N–H and O–H groups in total. The van der Waals surface area contributed by atoms with Gasteiger partial charge in [-0.3, -0.25) is 4.79 Å². The summed E-state index contributed by atoms with van der Waals surface area (Å²) in [6.07, 6.45) is 3.23. The van der Waals surface area contributed by atoms with Crippen molar-refractivity contribution >= 4 is 15.9 Å². The highest BCUT2D eigenvalue weighted by atomic mass is 32.2. The van der Waals surface area contributed by atoms with Gasteiger partial charge < -0.3 is 15.4 Å². The van der Waals surface area contributed by atoms with Crippen molar-refractivity contribution in [2.75, 3.05) is 45.9 Å². The van der Waals surface area contributed by atoms with E-state index in [9.17, 15) is 13.2 Å². The number of nitrogens with zero attached hydrogens (tertiary/aromatic N) is 1. The van der Waals surface area contributed by atoms with Crippen LogP contribution in [0.2, 0.25) is 0 Å². The molecule has 0 aromatic heterocycles. The summed E-state index contributed by atoms with van der Waals surface area (Å²) in [6.45, 7) is 4.50. The molecule has 2 fully saturated rings. The van der Waals surface area contributed by atoms with Crippen LogP contribution in [0.15, 0.2) is 29.2 Å². The highest BCUT2D eigenvalue weighted by molar-refractivity contribution is 7.89. The Morgan fingerprint density at radius 3 is 2.63 bits per heavy atom. The van der Waals surface area contributed by atoms with Gasteiger partial charge in [-0.1, -0.05) is 12.1 Å². The molecule has 2 aliphatic heterocycles. The predicted octanol–water partition coefficient (Wildman–Crippen LogP) is 0.756. The minimum Gasteiger partial charge on any atom is -0.379 e. The summed E-state index contributed by atoms with van der Waals surface area (Å²) in [4.78, 5) is 12.3. The van der Waals surface area contributed by atoms with Crippen LogP contribution in [0, 0.1) is 5.92 Å². The summed E-state index contributed by atoms with van der Waals surface area (Å²) in [5, 5.41) is 6.31. The molecule has 1 aromatic carbocycles. The topological polar surface area (TPSA) is 87.7 Å². The maximum Gasteiger partial charge on any atom is 0.243 e. The monoisotopic (exact) mass is 395 g/mol.